The number of benzene rings is 1. The average molecular weight is 378 g/mol. The second-order valence-corrected chi connectivity index (χ2v) is 7.31. The predicted octanol–water partition coefficient (Wildman–Crippen LogP) is 0.294. The van der Waals surface area contributed by atoms with Crippen LogP contribution in [0, 0.1) is 0 Å². The number of rotatable bonds is 9. The molecule has 27 heavy (non-hydrogen) atoms. The number of aromatic nitrogens is 2. The number of hydrogen-bond donors (Lipinski definition) is 6. The number of hydrogen-bond acceptors (Lipinski definition) is 7. The van der Waals surface area contributed by atoms with E-state index in [2.05, 4.69) is 21.6 Å². The van der Waals surface area contributed by atoms with Crippen LogP contribution >= 0.6 is 0 Å². The lowest BCUT2D eigenvalue weighted by molar-refractivity contribution is -0.145. The second kappa shape index (κ2) is 9.48. The first-order valence-electron chi connectivity index (χ1n) is 9.66. The number of likely N-dealkylation sites (tertiary alicyclic amines) is 1. The van der Waals surface area contributed by atoms with Gasteiger partial charge in [0, 0.05) is 24.2 Å². The maximum atomic E-state index is 9.99. The van der Waals surface area contributed by atoms with Crippen LogP contribution in [0.4, 0.5) is 5.69 Å². The highest BCUT2D eigenvalue weighted by molar-refractivity contribution is 5.81. The minimum atomic E-state index is -1.19. The number of unbranched alkanes of at least 4 members (excludes halogenated alkanes) is 3. The first kappa shape index (κ1) is 20.0. The Kier molecular flexibility index (Phi) is 7.03. The smallest absolute Gasteiger partial charge is 0.109 e. The van der Waals surface area contributed by atoms with E-state index in [9.17, 15) is 20.4 Å². The van der Waals surface area contributed by atoms with E-state index in [0.29, 0.717) is 6.54 Å². The molecule has 8 heteroatoms. The van der Waals surface area contributed by atoms with Crippen LogP contribution in [-0.4, -0.2) is 86.1 Å². The highest BCUT2D eigenvalue weighted by atomic mass is 16.4. The molecular weight excluding hydrogens is 348 g/mol. The van der Waals surface area contributed by atoms with Crippen molar-refractivity contribution in [3.8, 4) is 0 Å². The molecule has 0 amide bonds. The zero-order valence-corrected chi connectivity index (χ0v) is 15.5. The van der Waals surface area contributed by atoms with Crippen molar-refractivity contribution in [2.75, 3.05) is 31.6 Å². The fraction of sp³-hybridized carbons (Fsp3) is 0.632. The quantitative estimate of drug-likeness (QED) is 0.347. The number of nitrogens with zero attached hydrogens (tertiary/aromatic N) is 2. The van der Waals surface area contributed by atoms with E-state index in [1.165, 1.54) is 0 Å². The zero-order chi connectivity index (χ0) is 19.2. The molecule has 0 spiro atoms. The molecule has 0 radical (unpaired) electrons. The summed E-state index contributed by atoms with van der Waals surface area (Å²) in [7, 11) is 0. The van der Waals surface area contributed by atoms with Gasteiger partial charge < -0.3 is 25.7 Å². The molecule has 150 valence electrons. The van der Waals surface area contributed by atoms with Crippen molar-refractivity contribution in [1.82, 2.24) is 15.1 Å². The van der Waals surface area contributed by atoms with Gasteiger partial charge in [0.1, 0.15) is 12.2 Å². The number of nitrogens with one attached hydrogen (secondary N) is 2. The van der Waals surface area contributed by atoms with Crippen molar-refractivity contribution in [3.63, 3.8) is 0 Å². The van der Waals surface area contributed by atoms with E-state index in [-0.39, 0.29) is 13.2 Å². The van der Waals surface area contributed by atoms with E-state index >= 15 is 0 Å². The molecule has 1 aliphatic heterocycles. The van der Waals surface area contributed by atoms with Crippen molar-refractivity contribution in [2.45, 2.75) is 50.0 Å². The van der Waals surface area contributed by atoms with Gasteiger partial charge in [-0.3, -0.25) is 10.00 Å². The maximum absolute atomic E-state index is 9.99. The maximum Gasteiger partial charge on any atom is 0.109 e. The molecule has 0 unspecified atom stereocenters. The molecule has 4 atom stereocenters. The van der Waals surface area contributed by atoms with Gasteiger partial charge in [-0.05, 0) is 37.6 Å². The molecule has 3 rings (SSSR count). The summed E-state index contributed by atoms with van der Waals surface area (Å²) in [4.78, 5) is 1.88. The number of β-amino-alcohol motifs (C(OH)–C–C–N with tert-alkyl or cyclic N) is 1. The van der Waals surface area contributed by atoms with Crippen molar-refractivity contribution in [3.05, 3.63) is 24.4 Å². The van der Waals surface area contributed by atoms with Gasteiger partial charge in [-0.15, -0.1) is 0 Å². The van der Waals surface area contributed by atoms with Gasteiger partial charge in [0.2, 0.25) is 0 Å². The molecule has 1 saturated heterocycles. The average Bonchev–Trinajstić information content (AvgIpc) is 3.13. The normalized spacial score (nSPS) is 26.5. The summed E-state index contributed by atoms with van der Waals surface area (Å²) in [6, 6.07) is 5.62. The first-order valence-corrected chi connectivity index (χ1v) is 9.66. The van der Waals surface area contributed by atoms with Gasteiger partial charge in [-0.2, -0.15) is 5.10 Å². The summed E-state index contributed by atoms with van der Waals surface area (Å²) in [6.45, 7) is 1.64. The largest absolute Gasteiger partial charge is 0.395 e. The van der Waals surface area contributed by atoms with Crippen LogP contribution in [0.15, 0.2) is 24.4 Å². The highest BCUT2D eigenvalue weighted by Gasteiger charge is 2.40. The molecule has 0 aliphatic carbocycles. The molecule has 1 aliphatic rings. The summed E-state index contributed by atoms with van der Waals surface area (Å²) in [5.74, 6) is 0. The number of piperidine rings is 1. The molecule has 8 nitrogen and oxygen atoms in total. The van der Waals surface area contributed by atoms with Crippen LogP contribution in [-0.2, 0) is 0 Å². The Morgan fingerprint density at radius 2 is 1.93 bits per heavy atom. The lowest BCUT2D eigenvalue weighted by atomic mass is 9.94. The van der Waals surface area contributed by atoms with Gasteiger partial charge in [0.25, 0.3) is 0 Å². The first-order chi connectivity index (χ1) is 13.1. The van der Waals surface area contributed by atoms with E-state index in [4.69, 9.17) is 0 Å². The second-order valence-electron chi connectivity index (χ2n) is 7.31. The number of aliphatic hydroxyl groups excluding tert-OH is 4. The molecular formula is C19H30N4O4. The van der Waals surface area contributed by atoms with Crippen molar-refractivity contribution in [2.24, 2.45) is 0 Å². The zero-order valence-electron chi connectivity index (χ0n) is 15.5. The van der Waals surface area contributed by atoms with Gasteiger partial charge in [0.05, 0.1) is 30.5 Å². The van der Waals surface area contributed by atoms with Gasteiger partial charge in [-0.1, -0.05) is 12.8 Å². The van der Waals surface area contributed by atoms with Gasteiger partial charge in [0.15, 0.2) is 0 Å². The number of anilines is 1. The van der Waals surface area contributed by atoms with Crippen LogP contribution in [0.1, 0.15) is 25.7 Å². The summed E-state index contributed by atoms with van der Waals surface area (Å²) in [5.41, 5.74) is 2.12. The van der Waals surface area contributed by atoms with E-state index in [1.54, 1.807) is 0 Å². The Balaban J connectivity index is 1.32. The van der Waals surface area contributed by atoms with E-state index in [0.717, 1.165) is 48.8 Å². The standard InChI is InChI=1S/C19H30N4O4/c24-12-16-18(26)19(27)17(25)11-23(16)8-4-2-1-3-7-20-14-5-6-15-13(9-14)10-21-22-15/h5-6,9-10,16-20,24-27H,1-4,7-8,11-12H2,(H,21,22)/t16-,17+,18-,19-/m1/s1. The highest BCUT2D eigenvalue weighted by Crippen LogP contribution is 2.20. The Morgan fingerprint density at radius 3 is 2.74 bits per heavy atom. The van der Waals surface area contributed by atoms with Crippen LogP contribution in [0.3, 0.4) is 0 Å². The molecule has 6 N–H and O–H groups in total. The number of fused-ring (bicyclic) bond motifs is 1. The monoisotopic (exact) mass is 378 g/mol. The lowest BCUT2D eigenvalue weighted by Crippen LogP contribution is -2.62. The molecule has 2 heterocycles. The molecule has 1 aromatic heterocycles. The minimum absolute atomic E-state index is 0.226. The van der Waals surface area contributed by atoms with Crippen LogP contribution in [0.2, 0.25) is 0 Å². The van der Waals surface area contributed by atoms with E-state index in [1.807, 2.05) is 23.2 Å². The van der Waals surface area contributed by atoms with Gasteiger partial charge >= 0.3 is 0 Å². The number of aliphatic hydroxyl groups is 4. The fourth-order valence-electron chi connectivity index (χ4n) is 3.71. The molecule has 2 aromatic rings. The number of aromatic amines is 1. The third-order valence-electron chi connectivity index (χ3n) is 5.36. The summed E-state index contributed by atoms with van der Waals surface area (Å²) >= 11 is 0. The number of H-pyrrole nitrogens is 1. The van der Waals surface area contributed by atoms with Crippen LogP contribution in [0.25, 0.3) is 10.9 Å². The molecule has 1 fully saturated rings. The Bertz CT molecular complexity index is 710. The Morgan fingerprint density at radius 1 is 1.11 bits per heavy atom. The summed E-state index contributed by atoms with van der Waals surface area (Å²) in [5, 5.41) is 50.5. The SMILES string of the molecule is OC[C@@H]1[C@@H](O)[C@H](O)[C@@H](O)CN1CCCCCCNc1ccc2[nH]ncc2c1. The third kappa shape index (κ3) is 4.97. The molecule has 0 bridgehead atoms. The van der Waals surface area contributed by atoms with Crippen LogP contribution in [0.5, 0.6) is 0 Å². The van der Waals surface area contributed by atoms with Crippen molar-refractivity contribution < 1.29 is 20.4 Å². The van der Waals surface area contributed by atoms with Gasteiger partial charge in [-0.25, -0.2) is 0 Å². The van der Waals surface area contributed by atoms with E-state index < -0.39 is 24.4 Å². The predicted molar refractivity (Wildman–Crippen MR) is 104 cm³/mol. The minimum Gasteiger partial charge on any atom is -0.395 e. The van der Waals surface area contributed by atoms with Crippen molar-refractivity contribution >= 4 is 16.6 Å². The fourth-order valence-corrected chi connectivity index (χ4v) is 3.71. The lowest BCUT2D eigenvalue weighted by Gasteiger charge is -2.43. The Hall–Kier alpha value is -1.71. The topological polar surface area (TPSA) is 125 Å². The van der Waals surface area contributed by atoms with Crippen molar-refractivity contribution in [1.29, 1.82) is 0 Å². The molecule has 1 aromatic carbocycles. The summed E-state index contributed by atoms with van der Waals surface area (Å²) < 4.78 is 0. The Labute approximate surface area is 158 Å². The molecule has 0 saturated carbocycles. The summed E-state index contributed by atoms with van der Waals surface area (Å²) in [6.07, 6.45) is 2.62. The third-order valence-corrected chi connectivity index (χ3v) is 5.36. The van der Waals surface area contributed by atoms with Crippen LogP contribution < -0.4 is 5.32 Å².